The highest BCUT2D eigenvalue weighted by atomic mass is 16.5. The van der Waals surface area contributed by atoms with Gasteiger partial charge >= 0.3 is 0 Å². The van der Waals surface area contributed by atoms with E-state index in [1.807, 2.05) is 43.3 Å². The number of amides is 2. The number of carbonyl (C=O) groups is 2. The van der Waals surface area contributed by atoms with Crippen LogP contribution in [0.1, 0.15) is 11.1 Å². The number of carbonyl (C=O) groups excluding carboxylic acids is 2. The van der Waals surface area contributed by atoms with Gasteiger partial charge in [-0.2, -0.15) is 0 Å². The van der Waals surface area contributed by atoms with E-state index in [4.69, 9.17) is 4.74 Å². The van der Waals surface area contributed by atoms with Crippen molar-refractivity contribution in [2.24, 2.45) is 0 Å². The van der Waals surface area contributed by atoms with E-state index in [9.17, 15) is 9.59 Å². The van der Waals surface area contributed by atoms with Gasteiger partial charge in [0.05, 0.1) is 20.1 Å². The van der Waals surface area contributed by atoms with Crippen LogP contribution in [-0.4, -0.2) is 25.5 Å². The molecule has 0 unspecified atom stereocenters. The molecule has 0 bridgehead atoms. The molecule has 0 aliphatic rings. The van der Waals surface area contributed by atoms with E-state index in [2.05, 4.69) is 16.2 Å². The van der Waals surface area contributed by atoms with E-state index in [1.165, 1.54) is 0 Å². The molecule has 0 fully saturated rings. The largest absolute Gasteiger partial charge is 0.497 e. The molecular formula is C18H21N3O3. The number of hydrogen-bond acceptors (Lipinski definition) is 4. The van der Waals surface area contributed by atoms with E-state index in [0.717, 1.165) is 22.6 Å². The predicted molar refractivity (Wildman–Crippen MR) is 92.7 cm³/mol. The highest BCUT2D eigenvalue weighted by Gasteiger charge is 2.06. The lowest BCUT2D eigenvalue weighted by Gasteiger charge is -2.09. The van der Waals surface area contributed by atoms with E-state index >= 15 is 0 Å². The quantitative estimate of drug-likeness (QED) is 0.707. The van der Waals surface area contributed by atoms with Crippen molar-refractivity contribution in [3.05, 3.63) is 59.7 Å². The van der Waals surface area contributed by atoms with Crippen LogP contribution in [0, 0.1) is 6.92 Å². The standard InChI is InChI=1S/C18H21N3O3/c1-13-3-5-14(6-4-13)11-17(22)20-21-18(23)12-19-15-7-9-16(24-2)10-8-15/h3-10,19H,11-12H2,1-2H3,(H,20,22)(H,21,23). The second-order valence-electron chi connectivity index (χ2n) is 5.34. The number of aryl methyl sites for hydroxylation is 1. The fourth-order valence-electron chi connectivity index (χ4n) is 2.01. The van der Waals surface area contributed by atoms with Crippen LogP contribution in [-0.2, 0) is 16.0 Å². The van der Waals surface area contributed by atoms with Gasteiger partial charge in [-0.15, -0.1) is 0 Å². The first-order valence-electron chi connectivity index (χ1n) is 7.58. The molecule has 0 aliphatic heterocycles. The molecule has 0 heterocycles. The lowest BCUT2D eigenvalue weighted by atomic mass is 10.1. The number of hydrazine groups is 1. The number of rotatable bonds is 6. The smallest absolute Gasteiger partial charge is 0.257 e. The number of methoxy groups -OCH3 is 1. The van der Waals surface area contributed by atoms with Crippen LogP contribution in [0.3, 0.4) is 0 Å². The molecule has 2 rings (SSSR count). The summed E-state index contributed by atoms with van der Waals surface area (Å²) < 4.78 is 5.06. The summed E-state index contributed by atoms with van der Waals surface area (Å²) in [4.78, 5) is 23.5. The lowest BCUT2D eigenvalue weighted by Crippen LogP contribution is -2.44. The Kier molecular flexibility index (Phi) is 6.19. The Hall–Kier alpha value is -3.02. The maximum Gasteiger partial charge on any atom is 0.257 e. The number of nitrogens with one attached hydrogen (secondary N) is 3. The van der Waals surface area contributed by atoms with Gasteiger partial charge in [0.25, 0.3) is 5.91 Å². The zero-order valence-electron chi connectivity index (χ0n) is 13.8. The van der Waals surface area contributed by atoms with Crippen LogP contribution in [0.25, 0.3) is 0 Å². The van der Waals surface area contributed by atoms with Crippen LogP contribution in [0.15, 0.2) is 48.5 Å². The van der Waals surface area contributed by atoms with Crippen LogP contribution in [0.5, 0.6) is 5.75 Å². The summed E-state index contributed by atoms with van der Waals surface area (Å²) in [6.45, 7) is 2.04. The first-order valence-corrected chi connectivity index (χ1v) is 7.58. The lowest BCUT2D eigenvalue weighted by molar-refractivity contribution is -0.127. The van der Waals surface area contributed by atoms with Gasteiger partial charge in [-0.25, -0.2) is 0 Å². The fraction of sp³-hybridized carbons (Fsp3) is 0.222. The Labute approximate surface area is 141 Å². The zero-order chi connectivity index (χ0) is 17.4. The summed E-state index contributed by atoms with van der Waals surface area (Å²) >= 11 is 0. The summed E-state index contributed by atoms with van der Waals surface area (Å²) in [5.41, 5.74) is 7.60. The van der Waals surface area contributed by atoms with Crippen molar-refractivity contribution in [1.29, 1.82) is 0 Å². The molecule has 6 heteroatoms. The molecule has 2 aromatic carbocycles. The topological polar surface area (TPSA) is 79.5 Å². The normalized spacial score (nSPS) is 9.92. The third kappa shape index (κ3) is 5.64. The van der Waals surface area contributed by atoms with Crippen LogP contribution in [0.4, 0.5) is 5.69 Å². The second-order valence-corrected chi connectivity index (χ2v) is 5.34. The molecule has 0 aliphatic carbocycles. The minimum Gasteiger partial charge on any atom is -0.497 e. The van der Waals surface area contributed by atoms with E-state index in [1.54, 1.807) is 19.2 Å². The molecular weight excluding hydrogens is 306 g/mol. The molecule has 0 saturated carbocycles. The molecule has 0 aromatic heterocycles. The Balaban J connectivity index is 1.70. The molecule has 3 N–H and O–H groups in total. The van der Waals surface area contributed by atoms with Gasteiger partial charge < -0.3 is 10.1 Å². The average molecular weight is 327 g/mol. The summed E-state index contributed by atoms with van der Waals surface area (Å²) in [7, 11) is 1.59. The first-order chi connectivity index (χ1) is 11.6. The van der Waals surface area contributed by atoms with Crippen LogP contribution < -0.4 is 20.9 Å². The fourth-order valence-corrected chi connectivity index (χ4v) is 2.01. The molecule has 0 spiro atoms. The summed E-state index contributed by atoms with van der Waals surface area (Å²) in [5, 5.41) is 2.96. The first kappa shape index (κ1) is 17.3. The van der Waals surface area contributed by atoms with Crippen molar-refractivity contribution < 1.29 is 14.3 Å². The molecule has 126 valence electrons. The number of hydrogen-bond donors (Lipinski definition) is 3. The van der Waals surface area contributed by atoms with Gasteiger partial charge in [-0.1, -0.05) is 29.8 Å². The van der Waals surface area contributed by atoms with E-state index in [-0.39, 0.29) is 24.8 Å². The van der Waals surface area contributed by atoms with Gasteiger partial charge in [-0.05, 0) is 36.8 Å². The van der Waals surface area contributed by atoms with Crippen molar-refractivity contribution in [2.45, 2.75) is 13.3 Å². The molecule has 6 nitrogen and oxygen atoms in total. The third-order valence-electron chi connectivity index (χ3n) is 3.37. The van der Waals surface area contributed by atoms with Crippen molar-refractivity contribution in [2.75, 3.05) is 19.0 Å². The highest BCUT2D eigenvalue weighted by Crippen LogP contribution is 2.14. The SMILES string of the molecule is COc1ccc(NCC(=O)NNC(=O)Cc2ccc(C)cc2)cc1. The monoisotopic (exact) mass is 327 g/mol. The molecule has 0 saturated heterocycles. The minimum atomic E-state index is -0.330. The Morgan fingerprint density at radius 1 is 0.917 bits per heavy atom. The Morgan fingerprint density at radius 2 is 1.54 bits per heavy atom. The molecule has 0 radical (unpaired) electrons. The molecule has 0 atom stereocenters. The zero-order valence-corrected chi connectivity index (χ0v) is 13.8. The molecule has 2 aromatic rings. The predicted octanol–water partition coefficient (Wildman–Crippen LogP) is 1.81. The number of anilines is 1. The van der Waals surface area contributed by atoms with Crippen molar-refractivity contribution in [3.63, 3.8) is 0 Å². The highest BCUT2D eigenvalue weighted by molar-refractivity contribution is 5.85. The molecule has 2 amide bonds. The maximum atomic E-state index is 11.8. The Bertz CT molecular complexity index is 682. The van der Waals surface area contributed by atoms with Crippen molar-refractivity contribution in [1.82, 2.24) is 10.9 Å². The summed E-state index contributed by atoms with van der Waals surface area (Å²) in [5.74, 6) is 0.146. The van der Waals surface area contributed by atoms with Gasteiger partial charge in [0.2, 0.25) is 5.91 Å². The Morgan fingerprint density at radius 3 is 2.17 bits per heavy atom. The number of ether oxygens (including phenoxy) is 1. The summed E-state index contributed by atoms with van der Waals surface area (Å²) in [6, 6.07) is 14.9. The van der Waals surface area contributed by atoms with E-state index in [0.29, 0.717) is 0 Å². The number of benzene rings is 2. The van der Waals surface area contributed by atoms with Crippen molar-refractivity contribution in [3.8, 4) is 5.75 Å². The molecule has 24 heavy (non-hydrogen) atoms. The van der Waals surface area contributed by atoms with Crippen molar-refractivity contribution >= 4 is 17.5 Å². The van der Waals surface area contributed by atoms with Gasteiger partial charge in [-0.3, -0.25) is 20.4 Å². The van der Waals surface area contributed by atoms with Gasteiger partial charge in [0, 0.05) is 5.69 Å². The second kappa shape index (κ2) is 8.57. The third-order valence-corrected chi connectivity index (χ3v) is 3.37. The van der Waals surface area contributed by atoms with Crippen LogP contribution in [0.2, 0.25) is 0 Å². The maximum absolute atomic E-state index is 11.8. The minimum absolute atomic E-state index is 0.0527. The average Bonchev–Trinajstić information content (AvgIpc) is 2.60. The summed E-state index contributed by atoms with van der Waals surface area (Å²) in [6.07, 6.45) is 0.215. The van der Waals surface area contributed by atoms with Gasteiger partial charge in [0.1, 0.15) is 5.75 Å². The van der Waals surface area contributed by atoms with E-state index < -0.39 is 0 Å². The van der Waals surface area contributed by atoms with Gasteiger partial charge in [0.15, 0.2) is 0 Å². The van der Waals surface area contributed by atoms with Crippen LogP contribution >= 0.6 is 0 Å².